The van der Waals surface area contributed by atoms with Gasteiger partial charge in [-0.2, -0.15) is 0 Å². The molecule has 1 amide bonds. The number of aliphatic hydroxyl groups is 1. The van der Waals surface area contributed by atoms with E-state index in [0.29, 0.717) is 34.0 Å². The predicted octanol–water partition coefficient (Wildman–Crippen LogP) is 6.09. The molecule has 1 N–H and O–H groups in total. The van der Waals surface area contributed by atoms with Crippen molar-refractivity contribution >= 4 is 40.7 Å². The van der Waals surface area contributed by atoms with E-state index in [1.807, 2.05) is 45.0 Å². The summed E-state index contributed by atoms with van der Waals surface area (Å²) in [6.07, 6.45) is 0. The number of ketones is 1. The van der Waals surface area contributed by atoms with Crippen molar-refractivity contribution < 1.29 is 24.2 Å². The molecular weight excluding hydrogens is 478 g/mol. The molecule has 184 valence electrons. The third kappa shape index (κ3) is 5.04. The number of aliphatic hydroxyl groups excluding tert-OH is 1. The summed E-state index contributed by atoms with van der Waals surface area (Å²) in [5.41, 5.74) is 2.72. The Bertz CT molecular complexity index is 1340. The summed E-state index contributed by atoms with van der Waals surface area (Å²) in [4.78, 5) is 40.2. The van der Waals surface area contributed by atoms with Crippen molar-refractivity contribution in [3.05, 3.63) is 106 Å². The van der Waals surface area contributed by atoms with Gasteiger partial charge in [0.2, 0.25) is 0 Å². The Labute approximate surface area is 214 Å². The van der Waals surface area contributed by atoms with Crippen molar-refractivity contribution in [3.8, 4) is 0 Å². The number of aryl methyl sites for hydroxylation is 1. The molecule has 0 aromatic heterocycles. The van der Waals surface area contributed by atoms with Gasteiger partial charge in [-0.05, 0) is 66.9 Å². The Balaban J connectivity index is 1.80. The second-order valence-electron chi connectivity index (χ2n) is 9.13. The number of anilines is 1. The number of hydrogen-bond donors (Lipinski definition) is 1. The Morgan fingerprint density at radius 3 is 2.25 bits per heavy atom. The van der Waals surface area contributed by atoms with Crippen molar-refractivity contribution in [3.63, 3.8) is 0 Å². The quantitative estimate of drug-likeness (QED) is 0.190. The monoisotopic (exact) mass is 503 g/mol. The smallest absolute Gasteiger partial charge is 0.338 e. The van der Waals surface area contributed by atoms with Crippen LogP contribution in [0.3, 0.4) is 0 Å². The van der Waals surface area contributed by atoms with Crippen LogP contribution in [0, 0.1) is 12.8 Å². The summed E-state index contributed by atoms with van der Waals surface area (Å²) < 4.78 is 5.28. The second kappa shape index (κ2) is 10.4. The first-order valence-corrected chi connectivity index (χ1v) is 12.0. The summed E-state index contributed by atoms with van der Waals surface area (Å²) in [7, 11) is 0. The highest BCUT2D eigenvalue weighted by molar-refractivity contribution is 6.51. The number of rotatable bonds is 6. The van der Waals surface area contributed by atoms with Crippen molar-refractivity contribution in [2.24, 2.45) is 5.92 Å². The van der Waals surface area contributed by atoms with Gasteiger partial charge in [0.15, 0.2) is 0 Å². The van der Waals surface area contributed by atoms with E-state index in [2.05, 4.69) is 0 Å². The molecule has 0 radical (unpaired) electrons. The normalized spacial score (nSPS) is 17.0. The fraction of sp³-hybridized carbons (Fsp3) is 0.207. The molecule has 1 fully saturated rings. The lowest BCUT2D eigenvalue weighted by Gasteiger charge is -2.26. The lowest BCUT2D eigenvalue weighted by Crippen LogP contribution is -2.29. The minimum Gasteiger partial charge on any atom is -0.507 e. The van der Waals surface area contributed by atoms with E-state index >= 15 is 0 Å². The van der Waals surface area contributed by atoms with Gasteiger partial charge in [-0.15, -0.1) is 0 Å². The van der Waals surface area contributed by atoms with Crippen LogP contribution in [-0.4, -0.2) is 29.4 Å². The Kier molecular flexibility index (Phi) is 7.27. The largest absolute Gasteiger partial charge is 0.507 e. The van der Waals surface area contributed by atoms with Crippen LogP contribution in [-0.2, 0) is 14.3 Å². The molecule has 3 aromatic rings. The zero-order valence-electron chi connectivity index (χ0n) is 20.2. The number of carbonyl (C=O) groups excluding carboxylic acids is 3. The minimum absolute atomic E-state index is 0.0201. The van der Waals surface area contributed by atoms with E-state index < -0.39 is 23.7 Å². The third-order valence-electron chi connectivity index (χ3n) is 5.85. The van der Waals surface area contributed by atoms with Crippen LogP contribution in [0.5, 0.6) is 0 Å². The van der Waals surface area contributed by atoms with Crippen LogP contribution in [0.2, 0.25) is 5.02 Å². The third-order valence-corrected chi connectivity index (χ3v) is 6.10. The average Bonchev–Trinajstić information content (AvgIpc) is 3.13. The van der Waals surface area contributed by atoms with E-state index in [-0.39, 0.29) is 17.3 Å². The molecule has 4 rings (SSSR count). The highest BCUT2D eigenvalue weighted by atomic mass is 35.5. The molecule has 1 heterocycles. The van der Waals surface area contributed by atoms with E-state index in [9.17, 15) is 19.5 Å². The maximum absolute atomic E-state index is 13.3. The first-order chi connectivity index (χ1) is 17.2. The van der Waals surface area contributed by atoms with Crippen LogP contribution < -0.4 is 4.90 Å². The van der Waals surface area contributed by atoms with Crippen LogP contribution >= 0.6 is 11.6 Å². The molecule has 1 atom stereocenters. The molecule has 0 spiro atoms. The van der Waals surface area contributed by atoms with Crippen molar-refractivity contribution in [2.75, 3.05) is 11.5 Å². The first kappa shape index (κ1) is 25.2. The molecular formula is C29H26ClNO5. The Morgan fingerprint density at radius 1 is 1.00 bits per heavy atom. The highest BCUT2D eigenvalue weighted by Gasteiger charge is 2.47. The summed E-state index contributed by atoms with van der Waals surface area (Å²) in [6.45, 7) is 6.10. The fourth-order valence-corrected chi connectivity index (χ4v) is 4.23. The number of halogens is 1. The number of carbonyl (C=O) groups is 3. The lowest BCUT2D eigenvalue weighted by molar-refractivity contribution is -0.132. The highest BCUT2D eigenvalue weighted by Crippen LogP contribution is 2.42. The number of amides is 1. The van der Waals surface area contributed by atoms with E-state index in [4.69, 9.17) is 16.3 Å². The molecule has 1 aliphatic rings. The van der Waals surface area contributed by atoms with Crippen molar-refractivity contribution in [1.29, 1.82) is 0 Å². The standard InChI is InChI=1S/C29H26ClNO5/c1-17(2)16-36-29(35)20-9-13-23(14-10-20)31-25(21-6-4-5-18(3)15-21)24(27(33)28(31)34)26(32)19-7-11-22(30)12-8-19/h4-15,17,25,32H,16H2,1-3H3/b26-24+. The van der Waals surface area contributed by atoms with Crippen molar-refractivity contribution in [2.45, 2.75) is 26.8 Å². The molecule has 0 saturated carbocycles. The van der Waals surface area contributed by atoms with Gasteiger partial charge in [0.05, 0.1) is 23.8 Å². The zero-order chi connectivity index (χ0) is 26.0. The second-order valence-corrected chi connectivity index (χ2v) is 9.57. The molecule has 0 aliphatic carbocycles. The van der Waals surface area contributed by atoms with Crippen LogP contribution in [0.25, 0.3) is 5.76 Å². The lowest BCUT2D eigenvalue weighted by atomic mass is 9.94. The predicted molar refractivity (Wildman–Crippen MR) is 139 cm³/mol. The van der Waals surface area contributed by atoms with Gasteiger partial charge in [-0.1, -0.05) is 55.3 Å². The van der Waals surface area contributed by atoms with Gasteiger partial charge in [0.25, 0.3) is 11.7 Å². The van der Waals surface area contributed by atoms with Gasteiger partial charge in [0.1, 0.15) is 5.76 Å². The Hall–Kier alpha value is -3.90. The van der Waals surface area contributed by atoms with Gasteiger partial charge in [-0.3, -0.25) is 14.5 Å². The molecule has 0 bridgehead atoms. The summed E-state index contributed by atoms with van der Waals surface area (Å²) >= 11 is 5.98. The van der Waals surface area contributed by atoms with Crippen LogP contribution in [0.15, 0.2) is 78.4 Å². The molecule has 1 saturated heterocycles. The SMILES string of the molecule is Cc1cccc(C2/C(=C(\O)c3ccc(Cl)cc3)C(=O)C(=O)N2c2ccc(C(=O)OCC(C)C)cc2)c1. The number of hydrogen-bond acceptors (Lipinski definition) is 5. The number of ether oxygens (including phenoxy) is 1. The van der Waals surface area contributed by atoms with Crippen LogP contribution in [0.4, 0.5) is 5.69 Å². The van der Waals surface area contributed by atoms with Crippen molar-refractivity contribution in [1.82, 2.24) is 0 Å². The topological polar surface area (TPSA) is 83.9 Å². The van der Waals surface area contributed by atoms with Gasteiger partial charge >= 0.3 is 5.97 Å². The molecule has 3 aromatic carbocycles. The van der Waals surface area contributed by atoms with E-state index in [0.717, 1.165) is 5.56 Å². The van der Waals surface area contributed by atoms with Gasteiger partial charge in [0, 0.05) is 16.3 Å². The van der Waals surface area contributed by atoms with Crippen LogP contribution in [0.1, 0.15) is 46.9 Å². The molecule has 1 aliphatic heterocycles. The molecule has 36 heavy (non-hydrogen) atoms. The summed E-state index contributed by atoms with van der Waals surface area (Å²) in [5, 5.41) is 11.6. The molecule has 7 heteroatoms. The fourth-order valence-electron chi connectivity index (χ4n) is 4.10. The van der Waals surface area contributed by atoms with Gasteiger partial charge in [-0.25, -0.2) is 4.79 Å². The maximum atomic E-state index is 13.3. The van der Waals surface area contributed by atoms with E-state index in [1.54, 1.807) is 48.5 Å². The molecule has 1 unspecified atom stereocenters. The number of nitrogens with zero attached hydrogens (tertiary/aromatic N) is 1. The summed E-state index contributed by atoms with van der Waals surface area (Å²) in [6, 6.07) is 19.3. The maximum Gasteiger partial charge on any atom is 0.338 e. The van der Waals surface area contributed by atoms with E-state index in [1.165, 1.54) is 4.90 Å². The molecule has 6 nitrogen and oxygen atoms in total. The zero-order valence-corrected chi connectivity index (χ0v) is 21.0. The van der Waals surface area contributed by atoms with Gasteiger partial charge < -0.3 is 9.84 Å². The number of Topliss-reactive ketones (excluding diaryl/α,β-unsaturated/α-hetero) is 1. The summed E-state index contributed by atoms with van der Waals surface area (Å²) in [5.74, 6) is -2.11. The number of benzene rings is 3. The first-order valence-electron chi connectivity index (χ1n) is 11.6. The average molecular weight is 504 g/mol. The Morgan fingerprint density at radius 2 is 1.64 bits per heavy atom. The number of esters is 1. The minimum atomic E-state index is -0.862.